The van der Waals surface area contributed by atoms with Crippen LogP contribution >= 0.6 is 0 Å². The number of likely N-dealkylation sites (N-methyl/N-ethyl adjacent to an activating group) is 1. The van der Waals surface area contributed by atoms with E-state index in [0.717, 1.165) is 19.6 Å². The lowest BCUT2D eigenvalue weighted by molar-refractivity contribution is 0.0877. The van der Waals surface area contributed by atoms with E-state index in [9.17, 15) is 0 Å². The zero-order valence-electron chi connectivity index (χ0n) is 14.5. The molecule has 0 saturated carbocycles. The average molecular weight is 284 g/mol. The number of hydrogen-bond acceptors (Lipinski definition) is 4. The molecule has 1 fully saturated rings. The van der Waals surface area contributed by atoms with E-state index in [0.29, 0.717) is 12.0 Å². The molecule has 0 amide bonds. The summed E-state index contributed by atoms with van der Waals surface area (Å²) in [5.41, 5.74) is 0.219. The standard InChI is InChI=1S/C16H36N4/c1-14(2)15(20-11-9-19(6)10-12-20)13-17-7-8-18-16(3,4)5/h14-15,17-18H,7-13H2,1-6H3. The van der Waals surface area contributed by atoms with E-state index in [-0.39, 0.29) is 5.54 Å². The van der Waals surface area contributed by atoms with Crippen LogP contribution < -0.4 is 10.6 Å². The van der Waals surface area contributed by atoms with Crippen molar-refractivity contribution in [1.82, 2.24) is 20.4 Å². The van der Waals surface area contributed by atoms with Gasteiger partial charge in [0.2, 0.25) is 0 Å². The molecule has 0 aliphatic carbocycles. The summed E-state index contributed by atoms with van der Waals surface area (Å²) < 4.78 is 0. The van der Waals surface area contributed by atoms with Gasteiger partial charge in [0.15, 0.2) is 0 Å². The molecule has 0 aromatic rings. The Labute approximate surface area is 126 Å². The molecule has 4 heteroatoms. The number of nitrogens with zero attached hydrogens (tertiary/aromatic N) is 2. The molecule has 1 aliphatic rings. The lowest BCUT2D eigenvalue weighted by Gasteiger charge is -2.40. The Morgan fingerprint density at radius 2 is 1.60 bits per heavy atom. The molecule has 1 unspecified atom stereocenters. The Hall–Kier alpha value is -0.160. The molecule has 1 rings (SSSR count). The molecule has 1 aliphatic heterocycles. The molecule has 0 aromatic carbocycles. The van der Waals surface area contributed by atoms with Gasteiger partial charge in [0.1, 0.15) is 0 Å². The van der Waals surface area contributed by atoms with Crippen LogP contribution in [0.25, 0.3) is 0 Å². The lowest BCUT2D eigenvalue weighted by atomic mass is 10.0. The van der Waals surface area contributed by atoms with Crippen LogP contribution in [-0.2, 0) is 0 Å². The molecular formula is C16H36N4. The first-order valence-electron chi connectivity index (χ1n) is 8.18. The van der Waals surface area contributed by atoms with Crippen molar-refractivity contribution in [3.8, 4) is 0 Å². The van der Waals surface area contributed by atoms with E-state index in [1.54, 1.807) is 0 Å². The molecule has 0 spiro atoms. The van der Waals surface area contributed by atoms with Crippen molar-refractivity contribution in [3.05, 3.63) is 0 Å². The van der Waals surface area contributed by atoms with Crippen molar-refractivity contribution in [2.45, 2.75) is 46.2 Å². The highest BCUT2D eigenvalue weighted by Gasteiger charge is 2.24. The van der Waals surface area contributed by atoms with Crippen LogP contribution in [0.15, 0.2) is 0 Å². The second-order valence-corrected chi connectivity index (χ2v) is 7.53. The van der Waals surface area contributed by atoms with Gasteiger partial charge < -0.3 is 15.5 Å². The fourth-order valence-corrected chi connectivity index (χ4v) is 2.72. The fraction of sp³-hybridized carbons (Fsp3) is 1.00. The third-order valence-electron chi connectivity index (χ3n) is 4.09. The van der Waals surface area contributed by atoms with Crippen molar-refractivity contribution in [2.75, 3.05) is 52.9 Å². The second-order valence-electron chi connectivity index (χ2n) is 7.53. The van der Waals surface area contributed by atoms with Gasteiger partial charge in [-0.1, -0.05) is 13.8 Å². The third-order valence-corrected chi connectivity index (χ3v) is 4.09. The third kappa shape index (κ3) is 7.02. The van der Waals surface area contributed by atoms with E-state index in [4.69, 9.17) is 0 Å². The van der Waals surface area contributed by atoms with Crippen LogP contribution in [0.4, 0.5) is 0 Å². The van der Waals surface area contributed by atoms with Crippen molar-refractivity contribution >= 4 is 0 Å². The summed E-state index contributed by atoms with van der Waals surface area (Å²) >= 11 is 0. The topological polar surface area (TPSA) is 30.5 Å². The maximum absolute atomic E-state index is 3.63. The van der Waals surface area contributed by atoms with Crippen LogP contribution in [-0.4, -0.2) is 74.2 Å². The number of rotatable bonds is 7. The molecule has 0 bridgehead atoms. The first kappa shape index (κ1) is 17.9. The maximum Gasteiger partial charge on any atom is 0.0244 e. The van der Waals surface area contributed by atoms with Gasteiger partial charge in [0.05, 0.1) is 0 Å². The van der Waals surface area contributed by atoms with Crippen LogP contribution in [0.1, 0.15) is 34.6 Å². The summed E-state index contributed by atoms with van der Waals surface area (Å²) in [6.45, 7) is 19.4. The summed E-state index contributed by atoms with van der Waals surface area (Å²) in [7, 11) is 2.22. The average Bonchev–Trinajstić information content (AvgIpc) is 2.33. The first-order valence-corrected chi connectivity index (χ1v) is 8.18. The second kappa shape index (κ2) is 8.32. The minimum Gasteiger partial charge on any atom is -0.314 e. The number of piperazine rings is 1. The van der Waals surface area contributed by atoms with Gasteiger partial charge in [-0.25, -0.2) is 0 Å². The minimum absolute atomic E-state index is 0.219. The van der Waals surface area contributed by atoms with Gasteiger partial charge in [0, 0.05) is 57.4 Å². The highest BCUT2D eigenvalue weighted by Crippen LogP contribution is 2.12. The Bertz CT molecular complexity index is 252. The van der Waals surface area contributed by atoms with Crippen molar-refractivity contribution < 1.29 is 0 Å². The summed E-state index contributed by atoms with van der Waals surface area (Å²) in [5, 5.41) is 7.16. The molecule has 0 aromatic heterocycles. The predicted molar refractivity (Wildman–Crippen MR) is 88.3 cm³/mol. The van der Waals surface area contributed by atoms with E-state index in [1.807, 2.05) is 0 Å². The molecule has 2 N–H and O–H groups in total. The van der Waals surface area contributed by atoms with Gasteiger partial charge in [-0.15, -0.1) is 0 Å². The molecule has 1 saturated heterocycles. The van der Waals surface area contributed by atoms with E-state index < -0.39 is 0 Å². The normalized spacial score (nSPS) is 20.6. The van der Waals surface area contributed by atoms with Gasteiger partial charge >= 0.3 is 0 Å². The van der Waals surface area contributed by atoms with Crippen LogP contribution in [0.2, 0.25) is 0 Å². The van der Waals surface area contributed by atoms with Gasteiger partial charge in [-0.05, 0) is 33.7 Å². The van der Waals surface area contributed by atoms with Crippen LogP contribution in [0, 0.1) is 5.92 Å². The Morgan fingerprint density at radius 3 is 2.10 bits per heavy atom. The Kier molecular flexibility index (Phi) is 7.45. The number of nitrogens with one attached hydrogen (secondary N) is 2. The van der Waals surface area contributed by atoms with Gasteiger partial charge in [-0.2, -0.15) is 0 Å². The highest BCUT2D eigenvalue weighted by molar-refractivity contribution is 4.81. The van der Waals surface area contributed by atoms with E-state index in [2.05, 4.69) is 62.1 Å². The quantitative estimate of drug-likeness (QED) is 0.689. The van der Waals surface area contributed by atoms with E-state index in [1.165, 1.54) is 26.2 Å². The van der Waals surface area contributed by atoms with Crippen molar-refractivity contribution in [3.63, 3.8) is 0 Å². The van der Waals surface area contributed by atoms with E-state index >= 15 is 0 Å². The SMILES string of the molecule is CC(C)C(CNCCNC(C)(C)C)N1CCN(C)CC1. The fourth-order valence-electron chi connectivity index (χ4n) is 2.72. The van der Waals surface area contributed by atoms with Crippen LogP contribution in [0.5, 0.6) is 0 Å². The smallest absolute Gasteiger partial charge is 0.0244 e. The first-order chi connectivity index (χ1) is 9.29. The molecule has 4 nitrogen and oxygen atoms in total. The molecule has 20 heavy (non-hydrogen) atoms. The van der Waals surface area contributed by atoms with Crippen molar-refractivity contribution in [2.24, 2.45) is 5.92 Å². The zero-order valence-corrected chi connectivity index (χ0v) is 14.5. The van der Waals surface area contributed by atoms with Gasteiger partial charge in [0.25, 0.3) is 0 Å². The lowest BCUT2D eigenvalue weighted by Crippen LogP contribution is -2.54. The summed E-state index contributed by atoms with van der Waals surface area (Å²) in [4.78, 5) is 5.09. The molecule has 0 radical (unpaired) electrons. The zero-order chi connectivity index (χ0) is 15.2. The number of hydrogen-bond donors (Lipinski definition) is 2. The molecule has 120 valence electrons. The van der Waals surface area contributed by atoms with Crippen LogP contribution in [0.3, 0.4) is 0 Å². The van der Waals surface area contributed by atoms with Crippen molar-refractivity contribution in [1.29, 1.82) is 0 Å². The summed E-state index contributed by atoms with van der Waals surface area (Å²) in [6, 6.07) is 0.665. The summed E-state index contributed by atoms with van der Waals surface area (Å²) in [5.74, 6) is 0.710. The largest absolute Gasteiger partial charge is 0.314 e. The monoisotopic (exact) mass is 284 g/mol. The molecular weight excluding hydrogens is 248 g/mol. The maximum atomic E-state index is 3.63. The predicted octanol–water partition coefficient (Wildman–Crippen LogP) is 1.24. The molecule has 1 atom stereocenters. The Morgan fingerprint density at radius 1 is 1.00 bits per heavy atom. The minimum atomic E-state index is 0.219. The highest BCUT2D eigenvalue weighted by atomic mass is 15.3. The molecule has 1 heterocycles. The van der Waals surface area contributed by atoms with Gasteiger partial charge in [-0.3, -0.25) is 4.90 Å². The summed E-state index contributed by atoms with van der Waals surface area (Å²) in [6.07, 6.45) is 0. The Balaban J connectivity index is 2.26.